The van der Waals surface area contributed by atoms with Crippen LogP contribution in [0.4, 0.5) is 0 Å². The Balaban J connectivity index is 2.66. The highest BCUT2D eigenvalue weighted by Gasteiger charge is 2.27. The molecule has 1 amide bonds. The number of nitrogens with one attached hydrogen (secondary N) is 2. The first-order valence-electron chi connectivity index (χ1n) is 11.4. The van der Waals surface area contributed by atoms with Crippen LogP contribution in [0.1, 0.15) is 32.8 Å². The molecular weight excluding hydrogens is 545 g/mol. The summed E-state index contributed by atoms with van der Waals surface area (Å²) in [5.74, 6) is -0.326. The van der Waals surface area contributed by atoms with Crippen LogP contribution in [-0.4, -0.2) is 78.7 Å². The smallest absolute Gasteiger partial charge is 0.328 e. The second-order valence-corrected chi connectivity index (χ2v) is 12.3. The summed E-state index contributed by atoms with van der Waals surface area (Å²) >= 11 is 3.29. The zero-order valence-corrected chi connectivity index (χ0v) is 24.2. The third-order valence-electron chi connectivity index (χ3n) is 4.67. The van der Waals surface area contributed by atoms with E-state index >= 15 is 0 Å². The van der Waals surface area contributed by atoms with Crippen LogP contribution in [0.3, 0.4) is 0 Å². The van der Waals surface area contributed by atoms with E-state index in [1.165, 1.54) is 20.8 Å². The minimum absolute atomic E-state index is 0.138. The predicted octanol–water partition coefficient (Wildman–Crippen LogP) is 3.24. The molecule has 203 valence electrons. The highest BCUT2D eigenvalue weighted by Crippen LogP contribution is 2.27. The van der Waals surface area contributed by atoms with Crippen molar-refractivity contribution in [2.75, 3.05) is 36.7 Å². The Morgan fingerprint density at radius 1 is 1.08 bits per heavy atom. The van der Waals surface area contributed by atoms with Gasteiger partial charge in [-0.05, 0) is 54.2 Å². The van der Waals surface area contributed by atoms with Gasteiger partial charge >= 0.3 is 17.9 Å². The molecule has 0 saturated heterocycles. The Hall–Kier alpha value is -1.41. The van der Waals surface area contributed by atoms with Gasteiger partial charge in [-0.15, -0.1) is 0 Å². The van der Waals surface area contributed by atoms with Gasteiger partial charge in [-0.1, -0.05) is 21.6 Å². The first-order chi connectivity index (χ1) is 17.1. The fraction of sp³-hybridized carbons (Fsp3) is 0.652. The van der Waals surface area contributed by atoms with Crippen molar-refractivity contribution in [2.24, 2.45) is 5.92 Å². The number of amides is 1. The third kappa shape index (κ3) is 15.0. The van der Waals surface area contributed by atoms with Crippen molar-refractivity contribution in [1.29, 1.82) is 0 Å². The number of esters is 3. The Bertz CT molecular complexity index is 792. The molecular formula is C23H35N2O7S4. The summed E-state index contributed by atoms with van der Waals surface area (Å²) in [6.45, 7) is 3.40. The molecule has 9 nitrogen and oxygen atoms in total. The van der Waals surface area contributed by atoms with E-state index < -0.39 is 30.1 Å². The van der Waals surface area contributed by atoms with E-state index in [0.717, 1.165) is 17.7 Å². The van der Waals surface area contributed by atoms with E-state index in [1.807, 2.05) is 23.1 Å². The van der Waals surface area contributed by atoms with Gasteiger partial charge in [0.05, 0.1) is 5.92 Å². The van der Waals surface area contributed by atoms with Gasteiger partial charge in [0.1, 0.15) is 19.3 Å². The Morgan fingerprint density at radius 3 is 2.28 bits per heavy atom. The molecule has 3 unspecified atom stereocenters. The van der Waals surface area contributed by atoms with Crippen LogP contribution >= 0.6 is 44.7 Å². The van der Waals surface area contributed by atoms with Crippen LogP contribution in [0, 0.1) is 5.92 Å². The predicted molar refractivity (Wildman–Crippen MR) is 147 cm³/mol. The number of hydrogen-bond acceptors (Lipinski definition) is 11. The molecule has 0 bridgehead atoms. The molecule has 1 rings (SSSR count). The second kappa shape index (κ2) is 18.8. The summed E-state index contributed by atoms with van der Waals surface area (Å²) in [6.07, 6.45) is 2.41. The average molecular weight is 580 g/mol. The fourth-order valence-corrected chi connectivity index (χ4v) is 6.44. The summed E-state index contributed by atoms with van der Waals surface area (Å²) in [6, 6.07) is 0.874. The SMILES string of the molecule is CSCCC([NH])CSSCC(Cc1ccsc1)C(=O)NC(C)C(=O)OC(COC(C)=O)COC(C)=O. The molecule has 2 N–H and O–H groups in total. The molecule has 1 aromatic rings. The van der Waals surface area contributed by atoms with Gasteiger partial charge in [0.2, 0.25) is 5.91 Å². The molecule has 1 radical (unpaired) electrons. The van der Waals surface area contributed by atoms with Crippen LogP contribution < -0.4 is 11.1 Å². The lowest BCUT2D eigenvalue weighted by atomic mass is 10.0. The van der Waals surface area contributed by atoms with Crippen molar-refractivity contribution < 1.29 is 33.4 Å². The van der Waals surface area contributed by atoms with Gasteiger partial charge in [-0.25, -0.2) is 4.79 Å². The third-order valence-corrected chi connectivity index (χ3v) is 8.60. The van der Waals surface area contributed by atoms with E-state index in [9.17, 15) is 19.2 Å². The number of hydrogen-bond donors (Lipinski definition) is 1. The van der Waals surface area contributed by atoms with Crippen molar-refractivity contribution in [3.05, 3.63) is 22.4 Å². The van der Waals surface area contributed by atoms with E-state index in [1.54, 1.807) is 44.7 Å². The highest BCUT2D eigenvalue weighted by molar-refractivity contribution is 8.76. The van der Waals surface area contributed by atoms with Crippen LogP contribution in [-0.2, 0) is 39.8 Å². The molecule has 0 aliphatic carbocycles. The maximum atomic E-state index is 13.1. The Kier molecular flexibility index (Phi) is 17.0. The standard InChI is InChI=1S/C23H35N2O7S4/c1-15(23(29)32-21(10-30-16(2)26)11-31-17(3)27)25-22(28)19(9-18-5-8-34-12-18)13-35-36-14-20(24)6-7-33-4/h5,8,12,15,19-21,24H,6-7,9-11,13-14H2,1-4H3,(H,25,28). The van der Waals surface area contributed by atoms with Crippen molar-refractivity contribution in [3.8, 4) is 0 Å². The topological polar surface area (TPSA) is 132 Å². The molecule has 0 aliphatic rings. The summed E-state index contributed by atoms with van der Waals surface area (Å²) in [7, 11) is 3.14. The molecule has 0 aromatic carbocycles. The lowest BCUT2D eigenvalue weighted by Crippen LogP contribution is -2.45. The minimum Gasteiger partial charge on any atom is -0.462 e. The van der Waals surface area contributed by atoms with Crippen molar-refractivity contribution in [3.63, 3.8) is 0 Å². The number of carbonyl (C=O) groups excluding carboxylic acids is 4. The average Bonchev–Trinajstić information content (AvgIpc) is 3.34. The molecule has 36 heavy (non-hydrogen) atoms. The Labute approximate surface area is 229 Å². The highest BCUT2D eigenvalue weighted by atomic mass is 33.1. The first-order valence-corrected chi connectivity index (χ1v) is 16.2. The second-order valence-electron chi connectivity index (χ2n) is 7.97. The van der Waals surface area contributed by atoms with E-state index in [2.05, 4.69) is 5.32 Å². The molecule has 1 aromatic heterocycles. The van der Waals surface area contributed by atoms with E-state index in [4.69, 9.17) is 19.9 Å². The van der Waals surface area contributed by atoms with Crippen LogP contribution in [0.25, 0.3) is 0 Å². The van der Waals surface area contributed by atoms with Gasteiger partial charge in [-0.3, -0.25) is 20.1 Å². The van der Waals surface area contributed by atoms with Crippen LogP contribution in [0.2, 0.25) is 0 Å². The van der Waals surface area contributed by atoms with Crippen LogP contribution in [0.15, 0.2) is 16.8 Å². The number of thioether (sulfide) groups is 1. The van der Waals surface area contributed by atoms with E-state index in [-0.39, 0.29) is 31.1 Å². The number of ether oxygens (including phenoxy) is 3. The maximum Gasteiger partial charge on any atom is 0.328 e. The molecule has 0 spiro atoms. The lowest BCUT2D eigenvalue weighted by molar-refractivity contribution is -0.167. The van der Waals surface area contributed by atoms with Gasteiger partial charge in [0.25, 0.3) is 0 Å². The monoisotopic (exact) mass is 579 g/mol. The first kappa shape index (κ1) is 32.6. The zero-order valence-electron chi connectivity index (χ0n) is 21.0. The lowest BCUT2D eigenvalue weighted by Gasteiger charge is -2.22. The number of rotatable bonds is 18. The molecule has 0 aliphatic heterocycles. The quantitative estimate of drug-likeness (QED) is 0.120. The molecule has 1 heterocycles. The van der Waals surface area contributed by atoms with Crippen molar-refractivity contribution >= 4 is 68.5 Å². The molecule has 3 atom stereocenters. The summed E-state index contributed by atoms with van der Waals surface area (Å²) in [5.41, 5.74) is 9.12. The van der Waals surface area contributed by atoms with Crippen molar-refractivity contribution in [2.45, 2.75) is 51.8 Å². The van der Waals surface area contributed by atoms with Gasteiger partial charge in [0, 0.05) is 31.4 Å². The summed E-state index contributed by atoms with van der Waals surface area (Å²) in [4.78, 5) is 47.9. The molecule has 0 fully saturated rings. The molecule has 13 heteroatoms. The summed E-state index contributed by atoms with van der Waals surface area (Å²) < 4.78 is 15.1. The fourth-order valence-electron chi connectivity index (χ4n) is 2.72. The molecule has 0 saturated carbocycles. The maximum absolute atomic E-state index is 13.1. The van der Waals surface area contributed by atoms with Gasteiger partial charge in [0.15, 0.2) is 6.10 Å². The summed E-state index contributed by atoms with van der Waals surface area (Å²) in [5, 5.41) is 6.66. The Morgan fingerprint density at radius 2 is 1.72 bits per heavy atom. The minimum atomic E-state index is -0.984. The van der Waals surface area contributed by atoms with E-state index in [0.29, 0.717) is 17.9 Å². The normalized spacial score (nSPS) is 13.5. The largest absolute Gasteiger partial charge is 0.462 e. The van der Waals surface area contributed by atoms with Gasteiger partial charge in [-0.2, -0.15) is 23.1 Å². The number of thiophene rings is 1. The van der Waals surface area contributed by atoms with Crippen molar-refractivity contribution in [1.82, 2.24) is 11.1 Å². The van der Waals surface area contributed by atoms with Gasteiger partial charge < -0.3 is 19.5 Å². The zero-order chi connectivity index (χ0) is 26.9. The van der Waals surface area contributed by atoms with Crippen LogP contribution in [0.5, 0.6) is 0 Å². The number of carbonyl (C=O) groups is 4.